The fraction of sp³-hybridized carbons (Fsp3) is 0.154. The number of anilines is 1. The van der Waals surface area contributed by atoms with Crippen LogP contribution in [0.15, 0.2) is 22.7 Å². The number of aryl methyl sites for hydroxylation is 1. The van der Waals surface area contributed by atoms with Crippen LogP contribution in [0.25, 0.3) is 22.4 Å². The summed E-state index contributed by atoms with van der Waals surface area (Å²) in [4.78, 5) is 9.18. The highest BCUT2D eigenvalue weighted by molar-refractivity contribution is 9.10. The van der Waals surface area contributed by atoms with Crippen LogP contribution in [0, 0.1) is 13.8 Å². The summed E-state index contributed by atoms with van der Waals surface area (Å²) in [6.45, 7) is 4.17. The lowest BCUT2D eigenvalue weighted by atomic mass is 10.1. The number of aromatic amines is 1. The summed E-state index contributed by atoms with van der Waals surface area (Å²) in [6.07, 6.45) is 0. The zero-order valence-corrected chi connectivity index (χ0v) is 12.4. The second-order valence-corrected chi connectivity index (χ2v) is 6.44. The van der Waals surface area contributed by atoms with Crippen molar-refractivity contribution in [1.29, 1.82) is 0 Å². The van der Waals surface area contributed by atoms with Crippen molar-refractivity contribution < 1.29 is 0 Å². The van der Waals surface area contributed by atoms with Crippen LogP contribution < -0.4 is 5.73 Å². The number of rotatable bonds is 1. The molecule has 0 amide bonds. The molecule has 0 radical (unpaired) electrons. The van der Waals surface area contributed by atoms with Gasteiger partial charge in [0.2, 0.25) is 0 Å². The van der Waals surface area contributed by atoms with Crippen molar-refractivity contribution >= 4 is 43.3 Å². The molecule has 0 aliphatic heterocycles. The van der Waals surface area contributed by atoms with Crippen LogP contribution in [0.2, 0.25) is 0 Å². The lowest BCUT2D eigenvalue weighted by Gasteiger charge is -1.97. The zero-order chi connectivity index (χ0) is 12.9. The summed E-state index contributed by atoms with van der Waals surface area (Å²) >= 11 is 5.07. The van der Waals surface area contributed by atoms with Crippen molar-refractivity contribution in [3.05, 3.63) is 33.1 Å². The van der Waals surface area contributed by atoms with Gasteiger partial charge in [0.05, 0.1) is 21.6 Å². The standard InChI is InChI=1S/C13H12BrN3S/c1-6-7(2)18-12(15)11(6)13-16-9-4-3-8(14)5-10(9)17-13/h3-5H,15H2,1-2H3,(H,16,17). The largest absolute Gasteiger partial charge is 0.390 e. The fourth-order valence-corrected chi connectivity index (χ4v) is 3.35. The predicted molar refractivity (Wildman–Crippen MR) is 81.0 cm³/mol. The number of hydrogen-bond donors (Lipinski definition) is 2. The van der Waals surface area contributed by atoms with Crippen LogP contribution in [0.3, 0.4) is 0 Å². The third kappa shape index (κ3) is 1.74. The summed E-state index contributed by atoms with van der Waals surface area (Å²) in [5.41, 5.74) is 10.3. The Morgan fingerprint density at radius 1 is 1.33 bits per heavy atom. The molecule has 3 aromatic rings. The molecule has 1 aromatic carbocycles. The van der Waals surface area contributed by atoms with Crippen LogP contribution in [0.5, 0.6) is 0 Å². The number of imidazole rings is 1. The molecule has 0 saturated heterocycles. The predicted octanol–water partition coefficient (Wildman–Crippen LogP) is 4.25. The molecule has 0 spiro atoms. The minimum atomic E-state index is 0.822. The van der Waals surface area contributed by atoms with Gasteiger partial charge in [-0.05, 0) is 37.6 Å². The number of nitrogens with zero attached hydrogens (tertiary/aromatic N) is 1. The molecule has 0 atom stereocenters. The van der Waals surface area contributed by atoms with Crippen LogP contribution in [0.4, 0.5) is 5.00 Å². The molecule has 2 heterocycles. The van der Waals surface area contributed by atoms with Gasteiger partial charge in [-0.1, -0.05) is 15.9 Å². The summed E-state index contributed by atoms with van der Waals surface area (Å²) in [7, 11) is 0. The van der Waals surface area contributed by atoms with Gasteiger partial charge in [0.1, 0.15) is 5.82 Å². The summed E-state index contributed by atoms with van der Waals surface area (Å²) < 4.78 is 1.04. The molecule has 0 bridgehead atoms. The normalized spacial score (nSPS) is 11.3. The minimum absolute atomic E-state index is 0.822. The van der Waals surface area contributed by atoms with Gasteiger partial charge in [-0.25, -0.2) is 4.98 Å². The monoisotopic (exact) mass is 321 g/mol. The Morgan fingerprint density at radius 2 is 2.11 bits per heavy atom. The van der Waals surface area contributed by atoms with E-state index in [4.69, 9.17) is 5.73 Å². The van der Waals surface area contributed by atoms with E-state index in [0.717, 1.165) is 31.9 Å². The van der Waals surface area contributed by atoms with E-state index >= 15 is 0 Å². The van der Waals surface area contributed by atoms with Gasteiger partial charge in [-0.2, -0.15) is 0 Å². The Bertz CT molecular complexity index is 742. The number of H-pyrrole nitrogens is 1. The minimum Gasteiger partial charge on any atom is -0.390 e. The number of hydrogen-bond acceptors (Lipinski definition) is 3. The van der Waals surface area contributed by atoms with Crippen LogP contribution in [-0.2, 0) is 0 Å². The van der Waals surface area contributed by atoms with Crippen molar-refractivity contribution in [2.45, 2.75) is 13.8 Å². The maximum atomic E-state index is 6.08. The molecule has 3 N–H and O–H groups in total. The Labute approximate surface area is 117 Å². The first-order valence-electron chi connectivity index (χ1n) is 5.57. The maximum Gasteiger partial charge on any atom is 0.141 e. The maximum absolute atomic E-state index is 6.08. The highest BCUT2D eigenvalue weighted by atomic mass is 79.9. The molecule has 3 nitrogen and oxygen atoms in total. The molecule has 5 heteroatoms. The number of nitrogens with two attached hydrogens (primary N) is 1. The van der Waals surface area contributed by atoms with E-state index in [1.807, 2.05) is 18.2 Å². The molecule has 0 aliphatic carbocycles. The Morgan fingerprint density at radius 3 is 2.78 bits per heavy atom. The van der Waals surface area contributed by atoms with Gasteiger partial charge in [0.25, 0.3) is 0 Å². The second kappa shape index (κ2) is 4.10. The Hall–Kier alpha value is -1.33. The lowest BCUT2D eigenvalue weighted by Crippen LogP contribution is -1.87. The quantitative estimate of drug-likeness (QED) is 0.703. The molecule has 92 valence electrons. The molecule has 0 fully saturated rings. The summed E-state index contributed by atoms with van der Waals surface area (Å²) in [5, 5.41) is 0.822. The molecule has 0 saturated carbocycles. The molecule has 0 unspecified atom stereocenters. The van der Waals surface area contributed by atoms with E-state index < -0.39 is 0 Å². The van der Waals surface area contributed by atoms with Crippen molar-refractivity contribution in [1.82, 2.24) is 9.97 Å². The zero-order valence-electron chi connectivity index (χ0n) is 10.0. The third-order valence-corrected chi connectivity index (χ3v) is 4.62. The van der Waals surface area contributed by atoms with Crippen molar-refractivity contribution in [2.24, 2.45) is 0 Å². The second-order valence-electron chi connectivity index (χ2n) is 4.27. The van der Waals surface area contributed by atoms with E-state index in [1.54, 1.807) is 11.3 Å². The summed E-state index contributed by atoms with van der Waals surface area (Å²) in [6, 6.07) is 6.00. The molecule has 18 heavy (non-hydrogen) atoms. The van der Waals surface area contributed by atoms with Gasteiger partial charge >= 0.3 is 0 Å². The van der Waals surface area contributed by atoms with Gasteiger partial charge in [0, 0.05) is 9.35 Å². The SMILES string of the molecule is Cc1sc(N)c(-c2nc3ccc(Br)cc3[nH]2)c1C. The first-order valence-corrected chi connectivity index (χ1v) is 7.18. The van der Waals surface area contributed by atoms with Crippen LogP contribution in [0.1, 0.15) is 10.4 Å². The number of nitrogen functional groups attached to an aromatic ring is 1. The van der Waals surface area contributed by atoms with E-state index in [2.05, 4.69) is 39.7 Å². The van der Waals surface area contributed by atoms with E-state index in [9.17, 15) is 0 Å². The number of benzene rings is 1. The van der Waals surface area contributed by atoms with Crippen LogP contribution >= 0.6 is 27.3 Å². The number of halogens is 1. The molecule has 2 aromatic heterocycles. The Balaban J connectivity index is 2.25. The average molecular weight is 322 g/mol. The average Bonchev–Trinajstić information content (AvgIpc) is 2.80. The third-order valence-electron chi connectivity index (χ3n) is 3.09. The smallest absolute Gasteiger partial charge is 0.141 e. The number of aromatic nitrogens is 2. The molecule has 3 rings (SSSR count). The number of thiophene rings is 1. The first kappa shape index (κ1) is 11.7. The number of nitrogens with one attached hydrogen (secondary N) is 1. The first-order chi connectivity index (χ1) is 8.56. The van der Waals surface area contributed by atoms with E-state index in [0.29, 0.717) is 0 Å². The molecular weight excluding hydrogens is 310 g/mol. The van der Waals surface area contributed by atoms with Gasteiger partial charge in [0.15, 0.2) is 0 Å². The Kier molecular flexibility index (Phi) is 2.68. The molecule has 0 aliphatic rings. The van der Waals surface area contributed by atoms with Gasteiger partial charge in [-0.15, -0.1) is 11.3 Å². The topological polar surface area (TPSA) is 54.7 Å². The molecular formula is C13H12BrN3S. The van der Waals surface area contributed by atoms with Gasteiger partial charge in [-0.3, -0.25) is 0 Å². The van der Waals surface area contributed by atoms with E-state index in [1.165, 1.54) is 10.4 Å². The lowest BCUT2D eigenvalue weighted by molar-refractivity contribution is 1.31. The van der Waals surface area contributed by atoms with Gasteiger partial charge < -0.3 is 10.7 Å². The highest BCUT2D eigenvalue weighted by Crippen LogP contribution is 2.37. The number of fused-ring (bicyclic) bond motifs is 1. The van der Waals surface area contributed by atoms with Crippen molar-refractivity contribution in [3.63, 3.8) is 0 Å². The summed E-state index contributed by atoms with van der Waals surface area (Å²) in [5.74, 6) is 0.849. The van der Waals surface area contributed by atoms with Crippen molar-refractivity contribution in [2.75, 3.05) is 5.73 Å². The fourth-order valence-electron chi connectivity index (χ4n) is 2.05. The van der Waals surface area contributed by atoms with Crippen molar-refractivity contribution in [3.8, 4) is 11.4 Å². The van der Waals surface area contributed by atoms with Crippen LogP contribution in [-0.4, -0.2) is 9.97 Å². The highest BCUT2D eigenvalue weighted by Gasteiger charge is 2.15. The van der Waals surface area contributed by atoms with E-state index in [-0.39, 0.29) is 0 Å².